The predicted molar refractivity (Wildman–Crippen MR) is 121 cm³/mol. The van der Waals surface area contributed by atoms with E-state index in [0.29, 0.717) is 11.5 Å². The molecule has 7 heteroatoms. The standard InChI is InChI=1S/C24H29N5O2/c1-14-12-19(22(30)28-24(25)26)15(2)11-18(14)16-7-9-29(10-8-16)23(31)21-13-17-5-3-4-6-20(17)27-21/h3-6,11-12,16,21,27H,7-10,13H2,1-2H3,(H4,25,26,28,30). The Labute approximate surface area is 182 Å². The number of amides is 2. The van der Waals surface area contributed by atoms with Crippen LogP contribution in [0, 0.1) is 19.3 Å². The molecule has 0 spiro atoms. The summed E-state index contributed by atoms with van der Waals surface area (Å²) in [6, 6.07) is 11.9. The number of rotatable bonds is 3. The van der Waals surface area contributed by atoms with E-state index in [1.165, 1.54) is 11.1 Å². The summed E-state index contributed by atoms with van der Waals surface area (Å²) in [5, 5.41) is 13.0. The maximum Gasteiger partial charge on any atom is 0.258 e. The molecule has 0 bridgehead atoms. The number of benzene rings is 2. The van der Waals surface area contributed by atoms with Gasteiger partial charge in [0, 0.05) is 30.8 Å². The second-order valence-electron chi connectivity index (χ2n) is 8.55. The Morgan fingerprint density at radius 2 is 1.84 bits per heavy atom. The van der Waals surface area contributed by atoms with Crippen LogP contribution in [0.2, 0.25) is 0 Å². The first-order valence-corrected chi connectivity index (χ1v) is 10.7. The number of para-hydroxylation sites is 1. The van der Waals surface area contributed by atoms with E-state index in [4.69, 9.17) is 11.1 Å². The first-order chi connectivity index (χ1) is 14.8. The number of nitrogens with zero attached hydrogens (tertiary/aromatic N) is 1. The zero-order valence-corrected chi connectivity index (χ0v) is 18.0. The van der Waals surface area contributed by atoms with Crippen LogP contribution in [0.4, 0.5) is 5.69 Å². The Kier molecular flexibility index (Phi) is 5.67. The van der Waals surface area contributed by atoms with Gasteiger partial charge in [0.05, 0.1) is 0 Å². The van der Waals surface area contributed by atoms with E-state index in [0.717, 1.165) is 49.2 Å². The number of nitrogens with one attached hydrogen (secondary N) is 3. The number of hydrogen-bond acceptors (Lipinski definition) is 4. The fraction of sp³-hybridized carbons (Fsp3) is 0.375. The number of carbonyl (C=O) groups is 2. The van der Waals surface area contributed by atoms with Gasteiger partial charge in [0.1, 0.15) is 6.04 Å². The topological polar surface area (TPSA) is 111 Å². The maximum absolute atomic E-state index is 13.0. The molecule has 0 saturated carbocycles. The molecule has 2 aliphatic rings. The second kappa shape index (κ2) is 8.41. The van der Waals surface area contributed by atoms with E-state index < -0.39 is 0 Å². The fourth-order valence-electron chi connectivity index (χ4n) is 4.79. The summed E-state index contributed by atoms with van der Waals surface area (Å²) < 4.78 is 0. The van der Waals surface area contributed by atoms with Gasteiger partial charge in [0.2, 0.25) is 5.91 Å². The van der Waals surface area contributed by atoms with E-state index in [1.807, 2.05) is 43.0 Å². The van der Waals surface area contributed by atoms with Crippen LogP contribution in [0.15, 0.2) is 36.4 Å². The van der Waals surface area contributed by atoms with Gasteiger partial charge in [-0.1, -0.05) is 24.3 Å². The maximum atomic E-state index is 13.0. The van der Waals surface area contributed by atoms with Crippen molar-refractivity contribution in [2.45, 2.75) is 45.1 Å². The Balaban J connectivity index is 1.40. The van der Waals surface area contributed by atoms with E-state index in [1.54, 1.807) is 0 Å². The second-order valence-corrected chi connectivity index (χ2v) is 8.55. The molecule has 2 aliphatic heterocycles. The van der Waals surface area contributed by atoms with Gasteiger partial charge < -0.3 is 16.0 Å². The predicted octanol–water partition coefficient (Wildman–Crippen LogP) is 2.67. The van der Waals surface area contributed by atoms with Crippen LogP contribution in [0.25, 0.3) is 0 Å². The van der Waals surface area contributed by atoms with Gasteiger partial charge in [-0.3, -0.25) is 20.3 Å². The molecule has 2 amide bonds. The molecule has 1 fully saturated rings. The van der Waals surface area contributed by atoms with Gasteiger partial charge in [-0.05, 0) is 67.0 Å². The highest BCUT2D eigenvalue weighted by molar-refractivity contribution is 6.05. The molecule has 31 heavy (non-hydrogen) atoms. The number of aryl methyl sites for hydroxylation is 2. The quantitative estimate of drug-likeness (QED) is 0.453. The average Bonchev–Trinajstić information content (AvgIpc) is 3.18. The first-order valence-electron chi connectivity index (χ1n) is 10.7. The molecule has 0 aliphatic carbocycles. The third kappa shape index (κ3) is 4.26. The Morgan fingerprint density at radius 3 is 2.52 bits per heavy atom. The largest absolute Gasteiger partial charge is 0.373 e. The summed E-state index contributed by atoms with van der Waals surface area (Å²) in [5.41, 5.74) is 11.2. The number of fused-ring (bicyclic) bond motifs is 1. The van der Waals surface area contributed by atoms with Crippen molar-refractivity contribution in [3.63, 3.8) is 0 Å². The number of likely N-dealkylation sites (tertiary alicyclic amines) is 1. The highest BCUT2D eigenvalue weighted by Gasteiger charge is 2.32. The summed E-state index contributed by atoms with van der Waals surface area (Å²) in [6.07, 6.45) is 2.56. The number of piperidine rings is 1. The van der Waals surface area contributed by atoms with Crippen molar-refractivity contribution >= 4 is 23.5 Å². The fourth-order valence-corrected chi connectivity index (χ4v) is 4.79. The molecule has 0 radical (unpaired) electrons. The lowest BCUT2D eigenvalue weighted by Gasteiger charge is -2.34. The highest BCUT2D eigenvalue weighted by Crippen LogP contribution is 2.33. The summed E-state index contributed by atoms with van der Waals surface area (Å²) in [5.74, 6) is -0.173. The molecule has 162 valence electrons. The molecule has 4 rings (SSSR count). The van der Waals surface area contributed by atoms with Crippen LogP contribution < -0.4 is 16.4 Å². The van der Waals surface area contributed by atoms with Crippen molar-refractivity contribution in [3.8, 4) is 0 Å². The molecule has 7 nitrogen and oxygen atoms in total. The minimum absolute atomic E-state index is 0.169. The zero-order chi connectivity index (χ0) is 22.1. The van der Waals surface area contributed by atoms with Crippen molar-refractivity contribution in [1.82, 2.24) is 10.2 Å². The van der Waals surface area contributed by atoms with E-state index in [9.17, 15) is 9.59 Å². The molecule has 1 saturated heterocycles. The zero-order valence-electron chi connectivity index (χ0n) is 18.0. The van der Waals surface area contributed by atoms with Gasteiger partial charge in [-0.15, -0.1) is 0 Å². The van der Waals surface area contributed by atoms with Crippen LogP contribution >= 0.6 is 0 Å². The van der Waals surface area contributed by atoms with Gasteiger partial charge in [0.25, 0.3) is 5.91 Å². The van der Waals surface area contributed by atoms with E-state index in [2.05, 4.69) is 22.8 Å². The molecule has 0 aromatic heterocycles. The Hall–Kier alpha value is -3.35. The third-order valence-electron chi connectivity index (χ3n) is 6.42. The van der Waals surface area contributed by atoms with Crippen molar-refractivity contribution in [3.05, 3.63) is 64.2 Å². The van der Waals surface area contributed by atoms with E-state index in [-0.39, 0.29) is 23.8 Å². The molecular formula is C24H29N5O2. The van der Waals surface area contributed by atoms with Crippen molar-refractivity contribution in [2.75, 3.05) is 18.4 Å². The summed E-state index contributed by atoms with van der Waals surface area (Å²) >= 11 is 0. The summed E-state index contributed by atoms with van der Waals surface area (Å²) in [7, 11) is 0. The molecule has 2 aromatic rings. The number of carbonyl (C=O) groups excluding carboxylic acids is 2. The average molecular weight is 420 g/mol. The lowest BCUT2D eigenvalue weighted by Crippen LogP contribution is -2.45. The molecule has 1 atom stereocenters. The minimum atomic E-state index is -0.358. The molecule has 2 heterocycles. The van der Waals surface area contributed by atoms with Gasteiger partial charge in [-0.2, -0.15) is 0 Å². The number of anilines is 1. The third-order valence-corrected chi connectivity index (χ3v) is 6.42. The lowest BCUT2D eigenvalue weighted by atomic mass is 9.84. The number of nitrogens with two attached hydrogens (primary N) is 1. The lowest BCUT2D eigenvalue weighted by molar-refractivity contribution is -0.132. The molecular weight excluding hydrogens is 390 g/mol. The van der Waals surface area contributed by atoms with Crippen LogP contribution in [-0.2, 0) is 11.2 Å². The van der Waals surface area contributed by atoms with Crippen LogP contribution in [-0.4, -0.2) is 41.8 Å². The smallest absolute Gasteiger partial charge is 0.258 e. The van der Waals surface area contributed by atoms with Gasteiger partial charge in [-0.25, -0.2) is 0 Å². The molecule has 5 N–H and O–H groups in total. The van der Waals surface area contributed by atoms with Crippen LogP contribution in [0.1, 0.15) is 51.4 Å². The number of guanidine groups is 1. The Bertz CT molecular complexity index is 1020. The van der Waals surface area contributed by atoms with Gasteiger partial charge >= 0.3 is 0 Å². The highest BCUT2D eigenvalue weighted by atomic mass is 16.2. The monoisotopic (exact) mass is 419 g/mol. The Morgan fingerprint density at radius 1 is 1.13 bits per heavy atom. The summed E-state index contributed by atoms with van der Waals surface area (Å²) in [4.78, 5) is 27.3. The van der Waals surface area contributed by atoms with Crippen molar-refractivity contribution in [2.24, 2.45) is 5.73 Å². The molecule has 1 unspecified atom stereocenters. The minimum Gasteiger partial charge on any atom is -0.373 e. The van der Waals surface area contributed by atoms with E-state index >= 15 is 0 Å². The normalized spacial score (nSPS) is 18.3. The van der Waals surface area contributed by atoms with Crippen LogP contribution in [0.3, 0.4) is 0 Å². The molecule has 2 aromatic carbocycles. The van der Waals surface area contributed by atoms with Crippen molar-refractivity contribution < 1.29 is 9.59 Å². The van der Waals surface area contributed by atoms with Crippen molar-refractivity contribution in [1.29, 1.82) is 5.41 Å². The van der Waals surface area contributed by atoms with Crippen LogP contribution in [0.5, 0.6) is 0 Å². The first kappa shape index (κ1) is 20.9. The number of hydrogen-bond donors (Lipinski definition) is 4. The van der Waals surface area contributed by atoms with Gasteiger partial charge in [0.15, 0.2) is 5.96 Å². The summed E-state index contributed by atoms with van der Waals surface area (Å²) in [6.45, 7) is 5.39. The SMILES string of the molecule is Cc1cc(C2CCN(C(=O)C3Cc4ccccc4N3)CC2)c(C)cc1C(=O)NC(=N)N.